The first-order chi connectivity index (χ1) is 11.5. The third-order valence-electron chi connectivity index (χ3n) is 3.37. The largest absolute Gasteiger partial charge is 0.351 e. The van der Waals surface area contributed by atoms with Gasteiger partial charge in [0.25, 0.3) is 11.8 Å². The van der Waals surface area contributed by atoms with E-state index in [1.807, 2.05) is 19.0 Å². The molecule has 0 fully saturated rings. The topological polar surface area (TPSA) is 61.4 Å². The normalized spacial score (nSPS) is 10.1. The summed E-state index contributed by atoms with van der Waals surface area (Å²) in [5.74, 6) is -1.07. The zero-order valence-electron chi connectivity index (χ0n) is 14.1. The summed E-state index contributed by atoms with van der Waals surface area (Å²) in [5, 5.41) is 5.50. The van der Waals surface area contributed by atoms with Gasteiger partial charge in [-0.25, -0.2) is 4.39 Å². The fraction of sp³-hybridized carbons (Fsp3) is 0.222. The number of nitrogens with zero attached hydrogens (tertiary/aromatic N) is 1. The monoisotopic (exact) mass is 365 g/mol. The first kappa shape index (κ1) is 20.6. The first-order valence-electron chi connectivity index (χ1n) is 7.56. The minimum atomic E-state index is -0.410. The van der Waals surface area contributed by atoms with Crippen LogP contribution in [-0.2, 0) is 0 Å². The van der Waals surface area contributed by atoms with E-state index in [1.165, 1.54) is 24.3 Å². The molecule has 0 aliphatic heterocycles. The molecule has 0 aliphatic rings. The molecule has 5 nitrogen and oxygen atoms in total. The van der Waals surface area contributed by atoms with Crippen LogP contribution in [0.2, 0.25) is 0 Å². The van der Waals surface area contributed by atoms with Crippen LogP contribution >= 0.6 is 12.4 Å². The number of hydrogen-bond acceptors (Lipinski definition) is 3. The van der Waals surface area contributed by atoms with Gasteiger partial charge in [-0.15, -0.1) is 12.4 Å². The molecule has 0 saturated carbocycles. The summed E-state index contributed by atoms with van der Waals surface area (Å²) >= 11 is 0. The Labute approximate surface area is 152 Å². The number of carbonyl (C=O) groups excluding carboxylic acids is 2. The average Bonchev–Trinajstić information content (AvgIpc) is 2.55. The van der Waals surface area contributed by atoms with Crippen LogP contribution in [0.5, 0.6) is 0 Å². The smallest absolute Gasteiger partial charge is 0.255 e. The van der Waals surface area contributed by atoms with Gasteiger partial charge in [0.05, 0.1) is 11.3 Å². The molecule has 0 aliphatic carbocycles. The van der Waals surface area contributed by atoms with Crippen LogP contribution < -0.4 is 10.6 Å². The van der Waals surface area contributed by atoms with Gasteiger partial charge in [-0.05, 0) is 50.5 Å². The van der Waals surface area contributed by atoms with Crippen molar-refractivity contribution in [2.24, 2.45) is 0 Å². The zero-order chi connectivity index (χ0) is 17.5. The molecule has 0 saturated heterocycles. The van der Waals surface area contributed by atoms with Crippen molar-refractivity contribution in [3.8, 4) is 0 Å². The second kappa shape index (κ2) is 9.76. The highest BCUT2D eigenvalue weighted by atomic mass is 35.5. The molecule has 2 rings (SSSR count). The van der Waals surface area contributed by atoms with Crippen LogP contribution in [0.4, 0.5) is 10.1 Å². The lowest BCUT2D eigenvalue weighted by atomic mass is 10.1. The van der Waals surface area contributed by atoms with Crippen molar-refractivity contribution in [3.63, 3.8) is 0 Å². The molecule has 2 aromatic rings. The van der Waals surface area contributed by atoms with Gasteiger partial charge in [0.2, 0.25) is 0 Å². The molecule has 134 valence electrons. The molecule has 0 radical (unpaired) electrons. The number of halogens is 2. The van der Waals surface area contributed by atoms with E-state index in [2.05, 4.69) is 10.6 Å². The summed E-state index contributed by atoms with van der Waals surface area (Å²) in [4.78, 5) is 26.5. The number of para-hydroxylation sites is 1. The summed E-state index contributed by atoms with van der Waals surface area (Å²) in [6.07, 6.45) is 0. The van der Waals surface area contributed by atoms with Crippen molar-refractivity contribution in [2.45, 2.75) is 0 Å². The molecular weight excluding hydrogens is 345 g/mol. The quantitative estimate of drug-likeness (QED) is 0.827. The van der Waals surface area contributed by atoms with Crippen LogP contribution in [0, 0.1) is 5.82 Å². The molecule has 0 spiro atoms. The summed E-state index contributed by atoms with van der Waals surface area (Å²) < 4.78 is 12.9. The van der Waals surface area contributed by atoms with Crippen molar-refractivity contribution >= 4 is 29.9 Å². The summed E-state index contributed by atoms with van der Waals surface area (Å²) in [6.45, 7) is 1.22. The Balaban J connectivity index is 0.00000312. The predicted octanol–water partition coefficient (Wildman–Crippen LogP) is 2.79. The van der Waals surface area contributed by atoms with Crippen LogP contribution in [0.15, 0.2) is 48.5 Å². The number of amides is 2. The lowest BCUT2D eigenvalue weighted by Crippen LogP contribution is -2.32. The van der Waals surface area contributed by atoms with Crippen molar-refractivity contribution in [3.05, 3.63) is 65.5 Å². The maximum absolute atomic E-state index is 12.9. The Kier molecular flexibility index (Phi) is 8.04. The second-order valence-electron chi connectivity index (χ2n) is 5.57. The third kappa shape index (κ3) is 6.17. The number of rotatable bonds is 6. The minimum Gasteiger partial charge on any atom is -0.351 e. The highest BCUT2D eigenvalue weighted by molar-refractivity contribution is 6.08. The predicted molar refractivity (Wildman–Crippen MR) is 98.9 cm³/mol. The van der Waals surface area contributed by atoms with Gasteiger partial charge in [0, 0.05) is 18.7 Å². The van der Waals surface area contributed by atoms with Crippen LogP contribution in [0.25, 0.3) is 0 Å². The number of carbonyl (C=O) groups is 2. The van der Waals surface area contributed by atoms with Gasteiger partial charge < -0.3 is 15.5 Å². The van der Waals surface area contributed by atoms with Crippen LogP contribution in [0.3, 0.4) is 0 Å². The standard InChI is InChI=1S/C18H20FN3O2.ClH/c1-22(2)12-11-20-18(24)15-5-3-4-6-16(15)21-17(23)13-7-9-14(19)10-8-13;/h3-10H,11-12H2,1-2H3,(H,20,24)(H,21,23);1H. The molecule has 7 heteroatoms. The van der Waals surface area contributed by atoms with Crippen molar-refractivity contribution in [1.29, 1.82) is 0 Å². The van der Waals surface area contributed by atoms with E-state index < -0.39 is 11.7 Å². The van der Waals surface area contributed by atoms with Crippen molar-refractivity contribution in [2.75, 3.05) is 32.5 Å². The Morgan fingerprint density at radius 1 is 1.00 bits per heavy atom. The fourth-order valence-corrected chi connectivity index (χ4v) is 2.07. The molecule has 2 amide bonds. The average molecular weight is 366 g/mol. The van der Waals surface area contributed by atoms with Crippen molar-refractivity contribution in [1.82, 2.24) is 10.2 Å². The number of nitrogens with one attached hydrogen (secondary N) is 2. The van der Waals surface area contributed by atoms with E-state index in [4.69, 9.17) is 0 Å². The fourth-order valence-electron chi connectivity index (χ4n) is 2.07. The van der Waals surface area contributed by atoms with Gasteiger partial charge in [0.15, 0.2) is 0 Å². The van der Waals surface area contributed by atoms with Gasteiger partial charge >= 0.3 is 0 Å². The minimum absolute atomic E-state index is 0. The number of hydrogen-bond donors (Lipinski definition) is 2. The van der Waals surface area contributed by atoms with Gasteiger partial charge in [-0.2, -0.15) is 0 Å². The Morgan fingerprint density at radius 2 is 1.64 bits per heavy atom. The Morgan fingerprint density at radius 3 is 2.28 bits per heavy atom. The first-order valence-corrected chi connectivity index (χ1v) is 7.56. The van der Waals surface area contributed by atoms with E-state index >= 15 is 0 Å². The Hall–Kier alpha value is -2.44. The van der Waals surface area contributed by atoms with Crippen LogP contribution in [0.1, 0.15) is 20.7 Å². The SMILES string of the molecule is CN(C)CCNC(=O)c1ccccc1NC(=O)c1ccc(F)cc1.Cl. The highest BCUT2D eigenvalue weighted by Gasteiger charge is 2.13. The molecule has 0 heterocycles. The van der Waals surface area contributed by atoms with E-state index in [-0.39, 0.29) is 18.3 Å². The number of benzene rings is 2. The number of likely N-dealkylation sites (N-methyl/N-ethyl adjacent to an activating group) is 1. The molecule has 0 unspecified atom stereocenters. The summed E-state index contributed by atoms with van der Waals surface area (Å²) in [5.41, 5.74) is 1.11. The number of anilines is 1. The lowest BCUT2D eigenvalue weighted by molar-refractivity contribution is 0.0952. The molecule has 0 aromatic heterocycles. The van der Waals surface area contributed by atoms with E-state index in [0.29, 0.717) is 23.4 Å². The van der Waals surface area contributed by atoms with E-state index in [9.17, 15) is 14.0 Å². The molecule has 25 heavy (non-hydrogen) atoms. The molecule has 2 aromatic carbocycles. The second-order valence-corrected chi connectivity index (χ2v) is 5.57. The summed E-state index contributed by atoms with van der Waals surface area (Å²) in [7, 11) is 3.84. The Bertz CT molecular complexity index is 721. The maximum atomic E-state index is 12.9. The summed E-state index contributed by atoms with van der Waals surface area (Å²) in [6, 6.07) is 12.0. The molecule has 2 N–H and O–H groups in total. The lowest BCUT2D eigenvalue weighted by Gasteiger charge is -2.13. The van der Waals surface area contributed by atoms with Gasteiger partial charge in [-0.3, -0.25) is 9.59 Å². The maximum Gasteiger partial charge on any atom is 0.255 e. The van der Waals surface area contributed by atoms with Crippen LogP contribution in [-0.4, -0.2) is 43.9 Å². The third-order valence-corrected chi connectivity index (χ3v) is 3.37. The molecule has 0 bridgehead atoms. The highest BCUT2D eigenvalue weighted by Crippen LogP contribution is 2.16. The molecular formula is C18H21ClFN3O2. The molecule has 0 atom stereocenters. The van der Waals surface area contributed by atoms with Crippen molar-refractivity contribution < 1.29 is 14.0 Å². The van der Waals surface area contributed by atoms with Gasteiger partial charge in [-0.1, -0.05) is 12.1 Å². The zero-order valence-corrected chi connectivity index (χ0v) is 14.9. The van der Waals surface area contributed by atoms with E-state index in [1.54, 1.807) is 24.3 Å². The van der Waals surface area contributed by atoms with E-state index in [0.717, 1.165) is 6.54 Å². The van der Waals surface area contributed by atoms with Gasteiger partial charge in [0.1, 0.15) is 5.82 Å².